The number of amides is 2. The second-order valence-corrected chi connectivity index (χ2v) is 9.80. The normalized spacial score (nSPS) is 17.5. The van der Waals surface area contributed by atoms with Gasteiger partial charge < -0.3 is 35.7 Å². The van der Waals surface area contributed by atoms with Gasteiger partial charge in [-0.3, -0.25) is 9.78 Å². The lowest BCUT2D eigenvalue weighted by molar-refractivity contribution is 0.0463. The van der Waals surface area contributed by atoms with Gasteiger partial charge in [-0.2, -0.15) is 0 Å². The van der Waals surface area contributed by atoms with Crippen molar-refractivity contribution in [3.63, 3.8) is 0 Å². The SMILES string of the molecule is C=C1ON(c2nc(C(=O)Nc3cnccc3N3CCCC(NC(=O)OC(C)(C)C)C3)c(N)cc2F)OC1=C. The number of piperidine rings is 1. The van der Waals surface area contributed by atoms with Gasteiger partial charge in [0.1, 0.15) is 5.60 Å². The fourth-order valence-electron chi connectivity index (χ4n) is 3.94. The molecular weight excluding hydrogens is 497 g/mol. The first-order valence-electron chi connectivity index (χ1n) is 11.9. The van der Waals surface area contributed by atoms with Crippen LogP contribution in [0.1, 0.15) is 44.1 Å². The van der Waals surface area contributed by atoms with Crippen molar-refractivity contribution in [2.75, 3.05) is 34.3 Å². The van der Waals surface area contributed by atoms with Crippen LogP contribution in [0.2, 0.25) is 0 Å². The topological polar surface area (TPSA) is 144 Å². The molecule has 0 radical (unpaired) electrons. The fourth-order valence-corrected chi connectivity index (χ4v) is 3.94. The second-order valence-electron chi connectivity index (χ2n) is 9.80. The van der Waals surface area contributed by atoms with E-state index in [2.05, 4.69) is 33.8 Å². The number of ether oxygens (including phenoxy) is 1. The van der Waals surface area contributed by atoms with Crippen LogP contribution in [-0.4, -0.2) is 46.7 Å². The molecule has 4 rings (SSSR count). The molecule has 0 aliphatic carbocycles. The van der Waals surface area contributed by atoms with Gasteiger partial charge in [-0.05, 0) is 58.1 Å². The van der Waals surface area contributed by atoms with E-state index in [0.717, 1.165) is 18.9 Å². The van der Waals surface area contributed by atoms with Crippen molar-refractivity contribution < 1.29 is 28.4 Å². The van der Waals surface area contributed by atoms with E-state index in [1.165, 1.54) is 6.20 Å². The minimum atomic E-state index is -0.875. The van der Waals surface area contributed by atoms with Crippen molar-refractivity contribution in [2.45, 2.75) is 45.3 Å². The molecule has 38 heavy (non-hydrogen) atoms. The van der Waals surface area contributed by atoms with Crippen LogP contribution in [0.3, 0.4) is 0 Å². The third kappa shape index (κ3) is 6.05. The van der Waals surface area contributed by atoms with Gasteiger partial charge in [-0.1, -0.05) is 0 Å². The van der Waals surface area contributed by atoms with Crippen molar-refractivity contribution in [1.82, 2.24) is 15.3 Å². The maximum Gasteiger partial charge on any atom is 0.407 e. The molecule has 0 aromatic carbocycles. The predicted molar refractivity (Wildman–Crippen MR) is 138 cm³/mol. The van der Waals surface area contributed by atoms with E-state index in [9.17, 15) is 14.0 Å². The zero-order valence-corrected chi connectivity index (χ0v) is 21.4. The van der Waals surface area contributed by atoms with Gasteiger partial charge in [0, 0.05) is 31.4 Å². The minimum absolute atomic E-state index is 0.0648. The van der Waals surface area contributed by atoms with Crippen LogP contribution in [0.4, 0.5) is 32.1 Å². The molecule has 2 saturated heterocycles. The summed E-state index contributed by atoms with van der Waals surface area (Å²) in [6, 6.07) is 2.54. The Morgan fingerprint density at radius 1 is 1.26 bits per heavy atom. The fraction of sp³-hybridized carbons (Fsp3) is 0.360. The van der Waals surface area contributed by atoms with Crippen LogP contribution >= 0.6 is 0 Å². The highest BCUT2D eigenvalue weighted by molar-refractivity contribution is 6.07. The van der Waals surface area contributed by atoms with Gasteiger partial charge in [-0.25, -0.2) is 14.2 Å². The molecule has 4 heterocycles. The number of anilines is 4. The van der Waals surface area contributed by atoms with Crippen LogP contribution in [0.25, 0.3) is 0 Å². The zero-order valence-electron chi connectivity index (χ0n) is 21.4. The number of carbonyl (C=O) groups excluding carboxylic acids is 2. The molecule has 12 nitrogen and oxygen atoms in total. The Morgan fingerprint density at radius 2 is 1.97 bits per heavy atom. The molecule has 1 unspecified atom stereocenters. The summed E-state index contributed by atoms with van der Waals surface area (Å²) in [4.78, 5) is 46.0. The molecule has 0 saturated carbocycles. The highest BCUT2D eigenvalue weighted by atomic mass is 19.1. The zero-order chi connectivity index (χ0) is 27.6. The van der Waals surface area contributed by atoms with Crippen molar-refractivity contribution >= 4 is 34.9 Å². The monoisotopic (exact) mass is 527 g/mol. The Bertz CT molecular complexity index is 1260. The molecule has 2 aliphatic rings. The van der Waals surface area contributed by atoms with Crippen LogP contribution in [0.15, 0.2) is 49.2 Å². The molecule has 2 fully saturated rings. The second kappa shape index (κ2) is 10.4. The van der Waals surface area contributed by atoms with Gasteiger partial charge in [0.05, 0.1) is 23.3 Å². The number of carbonyl (C=O) groups is 2. The summed E-state index contributed by atoms with van der Waals surface area (Å²) < 4.78 is 19.9. The average Bonchev–Trinajstić information content (AvgIpc) is 3.16. The molecule has 2 aromatic rings. The summed E-state index contributed by atoms with van der Waals surface area (Å²) in [5.41, 5.74) is 5.93. The van der Waals surface area contributed by atoms with Gasteiger partial charge in [0.25, 0.3) is 5.91 Å². The number of nitrogens with two attached hydrogens (primary N) is 1. The standard InChI is InChI=1S/C25H30FN7O5/c1-14-15(2)38-33(37-14)22-17(26)11-18(27)21(31-22)23(34)30-19-12-28-9-8-20(19)32-10-6-7-16(13-32)29-24(35)36-25(3,4)5/h8-9,11-12,16H,1-2,6-7,10,13,27H2,3-5H3,(H,29,35)(H,30,34). The quantitative estimate of drug-likeness (QED) is 0.527. The molecule has 1 atom stereocenters. The van der Waals surface area contributed by atoms with E-state index in [1.807, 2.05) is 4.90 Å². The summed E-state index contributed by atoms with van der Waals surface area (Å²) in [5.74, 6) is -1.87. The number of alkyl carbamates (subject to hydrolysis) is 1. The first-order chi connectivity index (χ1) is 17.9. The van der Waals surface area contributed by atoms with E-state index in [0.29, 0.717) is 29.7 Å². The van der Waals surface area contributed by atoms with Crippen molar-refractivity contribution in [3.05, 3.63) is 60.7 Å². The largest absolute Gasteiger partial charge is 0.444 e. The smallest absolute Gasteiger partial charge is 0.407 e. The lowest BCUT2D eigenvalue weighted by Crippen LogP contribution is -2.49. The molecule has 13 heteroatoms. The molecule has 2 aromatic heterocycles. The van der Waals surface area contributed by atoms with Crippen LogP contribution < -0.4 is 26.5 Å². The lowest BCUT2D eigenvalue weighted by Gasteiger charge is -2.35. The summed E-state index contributed by atoms with van der Waals surface area (Å²) in [5, 5.41) is 6.32. The predicted octanol–water partition coefficient (Wildman–Crippen LogP) is 3.65. The summed E-state index contributed by atoms with van der Waals surface area (Å²) >= 11 is 0. The first kappa shape index (κ1) is 26.5. The van der Waals surface area contributed by atoms with Gasteiger partial charge in [-0.15, -0.1) is 0 Å². The number of halogens is 1. The first-order valence-corrected chi connectivity index (χ1v) is 11.9. The Balaban J connectivity index is 1.51. The average molecular weight is 528 g/mol. The number of hydrogen-bond acceptors (Lipinski definition) is 10. The maximum atomic E-state index is 14.6. The molecule has 0 spiro atoms. The number of nitrogens with one attached hydrogen (secondary N) is 2. The summed E-state index contributed by atoms with van der Waals surface area (Å²) in [7, 11) is 0. The van der Waals surface area contributed by atoms with Crippen molar-refractivity contribution in [1.29, 1.82) is 0 Å². The number of nitrogen functional groups attached to an aromatic ring is 1. The van der Waals surface area contributed by atoms with E-state index in [1.54, 1.807) is 33.0 Å². The number of aromatic nitrogens is 2. The lowest BCUT2D eigenvalue weighted by atomic mass is 10.0. The summed E-state index contributed by atoms with van der Waals surface area (Å²) in [6.07, 6.45) is 4.18. The Hall–Kier alpha value is -4.55. The Kier molecular flexibility index (Phi) is 7.28. The van der Waals surface area contributed by atoms with Gasteiger partial charge in [0.2, 0.25) is 5.82 Å². The van der Waals surface area contributed by atoms with Crippen LogP contribution in [-0.2, 0) is 14.4 Å². The minimum Gasteiger partial charge on any atom is -0.444 e. The molecule has 2 aliphatic heterocycles. The van der Waals surface area contributed by atoms with E-state index in [4.69, 9.17) is 20.1 Å². The molecule has 4 N–H and O–H groups in total. The van der Waals surface area contributed by atoms with Crippen molar-refractivity contribution in [2.24, 2.45) is 0 Å². The van der Waals surface area contributed by atoms with E-state index in [-0.39, 0.29) is 28.9 Å². The Labute approximate surface area is 219 Å². The van der Waals surface area contributed by atoms with Crippen LogP contribution in [0.5, 0.6) is 0 Å². The molecule has 0 bridgehead atoms. The highest BCUT2D eigenvalue weighted by Gasteiger charge is 2.30. The summed E-state index contributed by atoms with van der Waals surface area (Å²) in [6.45, 7) is 13.7. The Morgan fingerprint density at radius 3 is 2.66 bits per heavy atom. The molecule has 2 amide bonds. The van der Waals surface area contributed by atoms with Crippen molar-refractivity contribution in [3.8, 4) is 0 Å². The number of rotatable bonds is 5. The highest BCUT2D eigenvalue weighted by Crippen LogP contribution is 2.32. The molecular formula is C25H30FN7O5. The van der Waals surface area contributed by atoms with E-state index >= 15 is 0 Å². The number of hydrogen-bond donors (Lipinski definition) is 3. The molecule has 202 valence electrons. The van der Waals surface area contributed by atoms with Gasteiger partial charge >= 0.3 is 6.09 Å². The maximum absolute atomic E-state index is 14.6. The van der Waals surface area contributed by atoms with E-state index < -0.39 is 29.2 Å². The third-order valence-electron chi connectivity index (χ3n) is 5.60. The van der Waals surface area contributed by atoms with Crippen LogP contribution in [0, 0.1) is 5.82 Å². The van der Waals surface area contributed by atoms with Gasteiger partial charge in [0.15, 0.2) is 23.0 Å². The number of pyridine rings is 2. The third-order valence-corrected chi connectivity index (χ3v) is 5.60. The number of nitrogens with zero attached hydrogens (tertiary/aromatic N) is 4.